The number of rotatable bonds is 30. The number of methoxy groups -OCH3 is 2. The third-order valence-corrected chi connectivity index (χ3v) is 19.5. The fraction of sp³-hybridized carbons (Fsp3) is 0.488. The zero-order valence-corrected chi connectivity index (χ0v) is 78.3. The van der Waals surface area contributed by atoms with Crippen LogP contribution in [0.4, 0.5) is 0 Å². The molecule has 5 aromatic heterocycles. The van der Waals surface area contributed by atoms with Crippen molar-refractivity contribution in [2.75, 3.05) is 113 Å². The van der Waals surface area contributed by atoms with Crippen molar-refractivity contribution in [3.8, 4) is 5.75 Å². The molecule has 0 radical (unpaired) electrons. The minimum Gasteiger partial charge on any atom is -0.503 e. The van der Waals surface area contributed by atoms with Crippen molar-refractivity contribution in [2.45, 2.75) is 152 Å². The minimum absolute atomic E-state index is 0.00546. The number of fused-ring (bicyclic) bond motifs is 4. The molecule has 0 aromatic carbocycles. The second-order valence-electron chi connectivity index (χ2n) is 26.6. The van der Waals surface area contributed by atoms with Gasteiger partial charge in [-0.25, -0.2) is 43.2 Å². The van der Waals surface area contributed by atoms with Crippen LogP contribution in [-0.2, 0) is 112 Å². The fourth-order valence-corrected chi connectivity index (χ4v) is 13.0. The van der Waals surface area contributed by atoms with Crippen LogP contribution in [-0.4, -0.2) is 276 Å². The van der Waals surface area contributed by atoms with Crippen LogP contribution < -0.4 is 27.1 Å². The first-order chi connectivity index (χ1) is 62.0. The number of aromatic carboxylic acids is 1. The van der Waals surface area contributed by atoms with Crippen LogP contribution in [0.2, 0.25) is 20.1 Å². The molecule has 131 heavy (non-hydrogen) atoms. The number of carbonyl (C=O) groups is 15. The molecule has 2 saturated heterocycles. The summed E-state index contributed by atoms with van der Waals surface area (Å²) in [5.41, 5.74) is -6.53. The number of carbonyl (C=O) groups excluding carboxylic acids is 14. The highest BCUT2D eigenvalue weighted by molar-refractivity contribution is 6.36. The highest BCUT2D eigenvalue weighted by Crippen LogP contribution is 2.32. The van der Waals surface area contributed by atoms with Crippen LogP contribution in [0.15, 0.2) is 71.2 Å². The average Bonchev–Trinajstić information content (AvgIpc) is 0.751. The number of aldehydes is 1. The number of hydrogen-bond acceptors (Lipinski definition) is 36. The topological polar surface area (TPSA) is 544 Å². The summed E-state index contributed by atoms with van der Waals surface area (Å²) < 4.78 is 74.0. The van der Waals surface area contributed by atoms with Crippen molar-refractivity contribution in [1.29, 1.82) is 0 Å². The van der Waals surface area contributed by atoms with E-state index in [9.17, 15) is 101 Å². The lowest BCUT2D eigenvalue weighted by Crippen LogP contribution is -2.57. The van der Waals surface area contributed by atoms with E-state index < -0.39 is 149 Å². The molecule has 2 N–H and O–H groups in total. The Balaban J connectivity index is 0.000000399. The van der Waals surface area contributed by atoms with Gasteiger partial charge in [-0.15, -0.1) is 23.2 Å². The van der Waals surface area contributed by atoms with E-state index in [2.05, 4.69) is 14.2 Å². The number of halogens is 6. The third-order valence-electron chi connectivity index (χ3n) is 17.6. The number of pyridine rings is 4. The molecule has 9 heterocycles. The number of Topliss-reactive ketones (excluding diaryl/α,β-unsaturated/α-hetero) is 2. The number of carboxylic acids is 1. The number of esters is 9. The van der Waals surface area contributed by atoms with Gasteiger partial charge in [-0.1, -0.05) is 46.4 Å². The average molecular weight is 1970 g/mol. The van der Waals surface area contributed by atoms with E-state index >= 15 is 0 Å². The lowest BCUT2D eigenvalue weighted by Gasteiger charge is -2.44. The van der Waals surface area contributed by atoms with Gasteiger partial charge in [-0.05, 0) is 89.0 Å². The Morgan fingerprint density at radius 1 is 0.496 bits per heavy atom. The normalized spacial score (nSPS) is 14.8. The van der Waals surface area contributed by atoms with Gasteiger partial charge in [0.25, 0.3) is 11.8 Å². The van der Waals surface area contributed by atoms with Crippen LogP contribution in [0.3, 0.4) is 0 Å². The molecule has 0 unspecified atom stereocenters. The monoisotopic (exact) mass is 1970 g/mol. The predicted octanol–water partition coefficient (Wildman–Crippen LogP) is 6.84. The number of hydrogen-bond donors (Lipinski definition) is 2. The molecule has 4 aliphatic rings. The van der Waals surface area contributed by atoms with Gasteiger partial charge in [-0.3, -0.25) is 47.9 Å². The second kappa shape index (κ2) is 56.1. The van der Waals surface area contributed by atoms with Gasteiger partial charge in [0.2, 0.25) is 32.9 Å². The Morgan fingerprint density at radius 3 is 1.31 bits per heavy atom. The van der Waals surface area contributed by atoms with E-state index in [-0.39, 0.29) is 170 Å². The highest BCUT2D eigenvalue weighted by Gasteiger charge is 2.43. The number of aromatic hydroxyl groups is 1. The molecule has 2 amide bonds. The Kier molecular flexibility index (Phi) is 48.6. The molecule has 0 aliphatic carbocycles. The van der Waals surface area contributed by atoms with E-state index in [0.717, 1.165) is 29.6 Å². The summed E-state index contributed by atoms with van der Waals surface area (Å²) in [6.07, 6.45) is 6.91. The molecule has 4 aliphatic heterocycles. The van der Waals surface area contributed by atoms with E-state index in [4.69, 9.17) is 126 Å². The molecule has 49 heteroatoms. The Morgan fingerprint density at radius 2 is 0.885 bits per heavy atom. The summed E-state index contributed by atoms with van der Waals surface area (Å²) in [5, 5.41) is 17.3. The number of nitrogens with zero attached hydrogens (tertiary/aromatic N) is 7. The van der Waals surface area contributed by atoms with Crippen molar-refractivity contribution >= 4 is 159 Å². The van der Waals surface area contributed by atoms with Gasteiger partial charge in [0, 0.05) is 71.4 Å². The Bertz CT molecular complexity index is 5340. The Hall–Kier alpha value is -11.7. The number of ketones is 2. The van der Waals surface area contributed by atoms with Gasteiger partial charge < -0.3 is 114 Å². The van der Waals surface area contributed by atoms with Crippen molar-refractivity contribution in [3.63, 3.8) is 0 Å². The first-order valence-electron chi connectivity index (χ1n) is 39.8. The molecule has 720 valence electrons. The second-order valence-corrected chi connectivity index (χ2v) is 28.7. The maximum Gasteiger partial charge on any atom is 0.375 e. The lowest BCUT2D eigenvalue weighted by molar-refractivity contribution is -0.145. The number of ether oxygens (including phenoxy) is 13. The molecule has 5 aromatic rings. The van der Waals surface area contributed by atoms with Crippen LogP contribution in [0.25, 0.3) is 0 Å². The number of aromatic nitrogens is 4. The zero-order valence-electron chi connectivity index (χ0n) is 73.7. The van der Waals surface area contributed by atoms with Crippen LogP contribution in [0, 0.1) is 0 Å². The van der Waals surface area contributed by atoms with E-state index in [1.54, 1.807) is 86.2 Å². The van der Waals surface area contributed by atoms with Crippen LogP contribution in [0.1, 0.15) is 200 Å². The summed E-state index contributed by atoms with van der Waals surface area (Å²) in [6.45, 7) is 20.9. The lowest BCUT2D eigenvalue weighted by atomic mass is 10.1. The molecule has 2 fully saturated rings. The van der Waals surface area contributed by atoms with Crippen molar-refractivity contribution < 1.29 is 148 Å². The molecule has 9 rings (SSSR count). The number of amides is 2. The summed E-state index contributed by atoms with van der Waals surface area (Å²) >= 11 is 34.1. The van der Waals surface area contributed by atoms with Gasteiger partial charge in [0.1, 0.15) is 78.1 Å². The molecule has 4 atom stereocenters. The predicted molar refractivity (Wildman–Crippen MR) is 463 cm³/mol. The van der Waals surface area contributed by atoms with Gasteiger partial charge in [-0.2, -0.15) is 0 Å². The number of carboxylic acid groups (broad SMARTS) is 1. The molecule has 0 saturated carbocycles. The first kappa shape index (κ1) is 113. The quantitative estimate of drug-likeness (QED) is 0.00694. The molecular formula is C82H99Cl6N7O36. The summed E-state index contributed by atoms with van der Waals surface area (Å²) in [6, 6.07) is -0.0652. The van der Waals surface area contributed by atoms with E-state index in [0.29, 0.717) is 39.1 Å². The molecule has 43 nitrogen and oxygen atoms in total. The van der Waals surface area contributed by atoms with Crippen molar-refractivity contribution in [3.05, 3.63) is 170 Å². The van der Waals surface area contributed by atoms with Crippen molar-refractivity contribution in [2.24, 2.45) is 0 Å². The summed E-state index contributed by atoms with van der Waals surface area (Å²) in [5.74, 6) is -11.6. The molecule has 0 bridgehead atoms. The largest absolute Gasteiger partial charge is 0.503 e. The first-order valence-corrected chi connectivity index (χ1v) is 42.3. The summed E-state index contributed by atoms with van der Waals surface area (Å²) in [7, 11) is 6.24. The maximum absolute atomic E-state index is 12.7. The van der Waals surface area contributed by atoms with Crippen LogP contribution >= 0.6 is 69.6 Å². The maximum atomic E-state index is 12.7. The van der Waals surface area contributed by atoms with Gasteiger partial charge in [0.05, 0.1) is 111 Å². The number of alkyl halides is 2. The van der Waals surface area contributed by atoms with Gasteiger partial charge in [0.15, 0.2) is 53.1 Å². The highest BCUT2D eigenvalue weighted by atomic mass is 35.5. The SMILES string of the molecule is CCOC(=O)/C(=C\N(C)C)C(=O)CCl.CCOC(=O)CC(=O)CCl.CCOC(=O)c1cn(CC(OC)OC)c(C(=O)OCC)c(Cl)c1=O.CCOC(=O)c1cn(CC=O)c(C(=O)OCC)c(Cl)c1=O.CCOC(=O)c1cn2c(c(Cl)c1=O)C(=O)N1[C@H](C)CCO[C@H]1C2.CCOC(=O)c1occ(C(=O)OCC)c(=O)c1Cl.C[C@@H]1CCO[C@H]2Cn3cc(C(=O)O)c(=O)c(O)c3C(=O)N12. The standard InChI is InChI=1S/C15H17ClN2O5.C15H20ClNO7.C13H14ClNO6.C13H14N2O6.C11H11ClO6.C9H14ClNO3.C6H9ClO3/c1-3-22-15(21)9-6-17-7-10-18(8(2)4-5-23-10)14(20)12(17)11(16)13(9)19;1-5-23-14(19)9-7-17(8-10(21-3)22-4)12(11(16)13(9)18)15(20)24-6-2;1-3-20-12(18)8-7-15(5-6-16)10(9(14)11(8)17)13(19)21-4-2;1-6-2-3-21-8-5-14-4-7(13(19)20)10(16)11(17)9(14)12(18)15(6)8;1-3-16-10(14)6-5-18-9(7(12)8(6)13)11(15)17-4-2;1-4-14-9(13)7(6-11(2)3)8(12)5-10;1-2-10-6(9)3-5(8)4-7/h6,8,10H,3-5,7H2,1-2H3;7,10H,5-6,8H2,1-4H3;6-7H,3-5H2,1-2H3;4,6,8,17H,2-3,5H2,1H3,(H,19,20);5H,3-4H2,1-2H3;6H,4-5H2,1-3H3;2-4H2,1H3/b;;;;;7-6-;/t8-,10+;;;6-,8+;;;/m1..1.../s1. The van der Waals surface area contributed by atoms with E-state index in [1.165, 1.54) is 51.4 Å². The van der Waals surface area contributed by atoms with Gasteiger partial charge >= 0.3 is 59.7 Å². The van der Waals surface area contributed by atoms with Crippen molar-refractivity contribution in [1.82, 2.24) is 33.0 Å². The fourth-order valence-electron chi connectivity index (χ4n) is 11.7. The molecular weight excluding hydrogens is 1870 g/mol. The molecule has 0 spiro atoms. The van der Waals surface area contributed by atoms with E-state index in [1.807, 2.05) is 13.8 Å². The minimum atomic E-state index is -1.45. The summed E-state index contributed by atoms with van der Waals surface area (Å²) in [4.78, 5) is 237. The smallest absolute Gasteiger partial charge is 0.375 e. The third kappa shape index (κ3) is 31.0. The van der Waals surface area contributed by atoms with Crippen LogP contribution in [0.5, 0.6) is 5.75 Å². The Labute approximate surface area is 777 Å². The zero-order chi connectivity index (χ0) is 99.1.